The number of aromatic nitrogens is 2. The van der Waals surface area contributed by atoms with Crippen LogP contribution in [0.1, 0.15) is 18.7 Å². The van der Waals surface area contributed by atoms with Gasteiger partial charge in [0, 0.05) is 12.3 Å². The Hall–Kier alpha value is -2.24. The van der Waals surface area contributed by atoms with Gasteiger partial charge in [-0.25, -0.2) is 18.7 Å². The Bertz CT molecular complexity index is 563. The van der Waals surface area contributed by atoms with E-state index in [4.69, 9.17) is 10.5 Å². The molecule has 0 amide bonds. The van der Waals surface area contributed by atoms with Gasteiger partial charge in [-0.3, -0.25) is 0 Å². The van der Waals surface area contributed by atoms with Crippen molar-refractivity contribution >= 4 is 5.95 Å². The molecule has 6 heteroatoms. The second-order valence-corrected chi connectivity index (χ2v) is 3.67. The topological polar surface area (TPSA) is 61.0 Å². The molecule has 94 valence electrons. The first-order valence-corrected chi connectivity index (χ1v) is 5.26. The maximum Gasteiger partial charge on any atom is 0.220 e. The second kappa shape index (κ2) is 4.95. The molecule has 1 unspecified atom stereocenters. The summed E-state index contributed by atoms with van der Waals surface area (Å²) in [6.07, 6.45) is 0.908. The number of ether oxygens (including phenoxy) is 1. The first-order valence-electron chi connectivity index (χ1n) is 5.26. The van der Waals surface area contributed by atoms with Crippen LogP contribution in [0.4, 0.5) is 14.7 Å². The van der Waals surface area contributed by atoms with Crippen molar-refractivity contribution in [2.75, 3.05) is 5.73 Å². The van der Waals surface area contributed by atoms with E-state index in [0.29, 0.717) is 5.69 Å². The summed E-state index contributed by atoms with van der Waals surface area (Å²) < 4.78 is 31.7. The van der Waals surface area contributed by atoms with Gasteiger partial charge in [0.2, 0.25) is 5.95 Å². The number of anilines is 1. The Kier molecular flexibility index (Phi) is 3.36. The number of nitrogens with two attached hydrogens (primary N) is 1. The minimum Gasteiger partial charge on any atom is -0.481 e. The molecule has 0 fully saturated rings. The zero-order valence-electron chi connectivity index (χ0n) is 9.60. The lowest BCUT2D eigenvalue weighted by Crippen LogP contribution is -2.08. The third-order valence-corrected chi connectivity index (χ3v) is 2.31. The summed E-state index contributed by atoms with van der Waals surface area (Å²) in [5.74, 6) is -1.27. The molecule has 0 aliphatic heterocycles. The molecule has 2 rings (SSSR count). The number of hydrogen-bond donors (Lipinski definition) is 1. The van der Waals surface area contributed by atoms with Gasteiger partial charge in [-0.2, -0.15) is 0 Å². The smallest absolute Gasteiger partial charge is 0.220 e. The molecule has 2 N–H and O–H groups in total. The zero-order chi connectivity index (χ0) is 13.1. The van der Waals surface area contributed by atoms with E-state index in [2.05, 4.69) is 9.97 Å². The van der Waals surface area contributed by atoms with Crippen LogP contribution in [0.3, 0.4) is 0 Å². The van der Waals surface area contributed by atoms with Gasteiger partial charge in [0.25, 0.3) is 0 Å². The van der Waals surface area contributed by atoms with Crippen LogP contribution in [0.15, 0.2) is 30.5 Å². The Labute approximate surface area is 102 Å². The van der Waals surface area contributed by atoms with E-state index in [1.54, 1.807) is 13.0 Å². The molecule has 0 spiro atoms. The maximum absolute atomic E-state index is 13.4. The monoisotopic (exact) mass is 251 g/mol. The highest BCUT2D eigenvalue weighted by molar-refractivity contribution is 5.26. The molecular weight excluding hydrogens is 240 g/mol. The van der Waals surface area contributed by atoms with Crippen molar-refractivity contribution in [1.82, 2.24) is 9.97 Å². The average Bonchev–Trinajstić information content (AvgIpc) is 2.34. The fourth-order valence-electron chi connectivity index (χ4n) is 1.43. The molecule has 2 aromatic rings. The summed E-state index contributed by atoms with van der Waals surface area (Å²) in [5.41, 5.74) is 5.92. The van der Waals surface area contributed by atoms with Crippen LogP contribution in [0.25, 0.3) is 0 Å². The van der Waals surface area contributed by atoms with Gasteiger partial charge in [0.05, 0.1) is 5.69 Å². The Morgan fingerprint density at radius 1 is 1.28 bits per heavy atom. The summed E-state index contributed by atoms with van der Waals surface area (Å²) in [5, 5.41) is 0. The number of hydrogen-bond acceptors (Lipinski definition) is 4. The largest absolute Gasteiger partial charge is 0.481 e. The number of nitrogens with zero attached hydrogens (tertiary/aromatic N) is 2. The molecular formula is C12H11F2N3O. The molecule has 0 saturated carbocycles. The molecule has 0 aliphatic rings. The molecule has 0 saturated heterocycles. The van der Waals surface area contributed by atoms with Crippen molar-refractivity contribution in [3.05, 3.63) is 47.8 Å². The van der Waals surface area contributed by atoms with Gasteiger partial charge >= 0.3 is 0 Å². The number of benzene rings is 1. The molecule has 18 heavy (non-hydrogen) atoms. The van der Waals surface area contributed by atoms with Crippen LogP contribution in [-0.2, 0) is 0 Å². The second-order valence-electron chi connectivity index (χ2n) is 3.67. The molecule has 0 radical (unpaired) electrons. The maximum atomic E-state index is 13.4. The van der Waals surface area contributed by atoms with E-state index in [1.807, 2.05) is 0 Å². The Morgan fingerprint density at radius 3 is 2.78 bits per heavy atom. The Morgan fingerprint density at radius 2 is 2.06 bits per heavy atom. The van der Waals surface area contributed by atoms with E-state index in [0.717, 1.165) is 18.2 Å². The highest BCUT2D eigenvalue weighted by Gasteiger charge is 2.13. The third kappa shape index (κ3) is 2.71. The summed E-state index contributed by atoms with van der Waals surface area (Å²) >= 11 is 0. The van der Waals surface area contributed by atoms with E-state index in [9.17, 15) is 8.78 Å². The number of halogens is 2. The van der Waals surface area contributed by atoms with Crippen molar-refractivity contribution in [2.45, 2.75) is 13.0 Å². The van der Waals surface area contributed by atoms with Crippen molar-refractivity contribution in [1.29, 1.82) is 0 Å². The lowest BCUT2D eigenvalue weighted by Gasteiger charge is -2.14. The molecule has 4 nitrogen and oxygen atoms in total. The Balaban J connectivity index is 2.21. The van der Waals surface area contributed by atoms with Crippen molar-refractivity contribution in [3.63, 3.8) is 0 Å². The first kappa shape index (κ1) is 12.2. The predicted molar refractivity (Wildman–Crippen MR) is 61.8 cm³/mol. The predicted octanol–water partition coefficient (Wildman–Crippen LogP) is 2.48. The fourth-order valence-corrected chi connectivity index (χ4v) is 1.43. The highest BCUT2D eigenvalue weighted by atomic mass is 19.1. The van der Waals surface area contributed by atoms with Crippen molar-refractivity contribution < 1.29 is 13.5 Å². The standard InChI is InChI=1S/C12H11F2N3O/c1-7(10-4-5-16-12(15)17-10)18-11-6-8(13)2-3-9(11)14/h2-7H,1H3,(H2,15,16,17). The van der Waals surface area contributed by atoms with Crippen LogP contribution in [0, 0.1) is 11.6 Å². The van der Waals surface area contributed by atoms with Crippen LogP contribution < -0.4 is 10.5 Å². The van der Waals surface area contributed by atoms with Crippen LogP contribution >= 0.6 is 0 Å². The number of rotatable bonds is 3. The zero-order valence-corrected chi connectivity index (χ0v) is 9.60. The highest BCUT2D eigenvalue weighted by Crippen LogP contribution is 2.24. The van der Waals surface area contributed by atoms with Crippen LogP contribution in [0.5, 0.6) is 5.75 Å². The molecule has 0 bridgehead atoms. The van der Waals surface area contributed by atoms with Crippen molar-refractivity contribution in [2.24, 2.45) is 0 Å². The number of nitrogen functional groups attached to an aromatic ring is 1. The third-order valence-electron chi connectivity index (χ3n) is 2.31. The molecule has 1 atom stereocenters. The van der Waals surface area contributed by atoms with E-state index in [1.165, 1.54) is 6.20 Å². The van der Waals surface area contributed by atoms with Gasteiger partial charge < -0.3 is 10.5 Å². The van der Waals surface area contributed by atoms with E-state index < -0.39 is 17.7 Å². The SMILES string of the molecule is CC(Oc1cc(F)ccc1F)c1ccnc(N)n1. The normalized spacial score (nSPS) is 12.2. The van der Waals surface area contributed by atoms with Gasteiger partial charge in [-0.15, -0.1) is 0 Å². The summed E-state index contributed by atoms with van der Waals surface area (Å²) in [4.78, 5) is 7.68. The molecule has 1 heterocycles. The lowest BCUT2D eigenvalue weighted by molar-refractivity contribution is 0.210. The molecule has 1 aromatic carbocycles. The van der Waals surface area contributed by atoms with E-state index in [-0.39, 0.29) is 11.7 Å². The summed E-state index contributed by atoms with van der Waals surface area (Å²) in [6.45, 7) is 1.66. The summed E-state index contributed by atoms with van der Waals surface area (Å²) in [6, 6.07) is 4.61. The van der Waals surface area contributed by atoms with Crippen LogP contribution in [0.2, 0.25) is 0 Å². The van der Waals surface area contributed by atoms with Gasteiger partial charge in [0.1, 0.15) is 11.9 Å². The quantitative estimate of drug-likeness (QED) is 0.910. The minimum absolute atomic E-state index is 0.0997. The fraction of sp³-hybridized carbons (Fsp3) is 0.167. The van der Waals surface area contributed by atoms with Gasteiger partial charge in [-0.05, 0) is 25.1 Å². The molecule has 0 aliphatic carbocycles. The average molecular weight is 251 g/mol. The first-order chi connectivity index (χ1) is 8.56. The lowest BCUT2D eigenvalue weighted by atomic mass is 10.2. The van der Waals surface area contributed by atoms with Gasteiger partial charge in [0.15, 0.2) is 11.6 Å². The van der Waals surface area contributed by atoms with Crippen LogP contribution in [-0.4, -0.2) is 9.97 Å². The van der Waals surface area contributed by atoms with E-state index >= 15 is 0 Å². The van der Waals surface area contributed by atoms with Gasteiger partial charge in [-0.1, -0.05) is 0 Å². The summed E-state index contributed by atoms with van der Waals surface area (Å²) in [7, 11) is 0. The minimum atomic E-state index is -0.634. The molecule has 1 aromatic heterocycles. The van der Waals surface area contributed by atoms with Crippen molar-refractivity contribution in [3.8, 4) is 5.75 Å².